The van der Waals surface area contributed by atoms with E-state index in [0.717, 1.165) is 4.90 Å². The summed E-state index contributed by atoms with van der Waals surface area (Å²) in [7, 11) is 0. The van der Waals surface area contributed by atoms with E-state index in [9.17, 15) is 35.9 Å². The molecule has 1 heterocycles. The smallest absolute Gasteiger partial charge is 0.354 e. The van der Waals surface area contributed by atoms with Crippen molar-refractivity contribution in [3.8, 4) is 0 Å². The number of carbonyl (C=O) groups excluding carboxylic acids is 2. The molecule has 0 radical (unpaired) electrons. The molecule has 0 aromatic heterocycles. The molecular formula is C17H17F6N3O2. The molecule has 1 fully saturated rings. The number of nitrogens with one attached hydrogen (secondary N) is 2. The quantitative estimate of drug-likeness (QED) is 0.446. The highest BCUT2D eigenvalue weighted by Crippen LogP contribution is 2.26. The van der Waals surface area contributed by atoms with Crippen molar-refractivity contribution in [3.05, 3.63) is 35.1 Å². The average Bonchev–Trinajstić information content (AvgIpc) is 2.73. The van der Waals surface area contributed by atoms with Crippen molar-refractivity contribution in [2.45, 2.75) is 37.9 Å². The Balaban J connectivity index is 2.11. The Labute approximate surface area is 156 Å². The van der Waals surface area contributed by atoms with Gasteiger partial charge >= 0.3 is 6.18 Å². The van der Waals surface area contributed by atoms with Crippen LogP contribution in [0.5, 0.6) is 0 Å². The van der Waals surface area contributed by atoms with Gasteiger partial charge in [0.25, 0.3) is 0 Å². The summed E-state index contributed by atoms with van der Waals surface area (Å²) in [5.74, 6) is -5.69. The number of hydrogen-bond donors (Lipinski definition) is 2. The van der Waals surface area contributed by atoms with Crippen molar-refractivity contribution in [2.75, 3.05) is 13.1 Å². The molecule has 1 unspecified atom stereocenters. The minimum absolute atomic E-state index is 0.106. The average molecular weight is 409 g/mol. The third-order valence-electron chi connectivity index (χ3n) is 4.16. The maximum atomic E-state index is 13.7. The fraction of sp³-hybridized carbons (Fsp3) is 0.471. The van der Waals surface area contributed by atoms with Crippen LogP contribution in [0.2, 0.25) is 0 Å². The monoisotopic (exact) mass is 409 g/mol. The highest BCUT2D eigenvalue weighted by atomic mass is 19.4. The Morgan fingerprint density at radius 2 is 1.82 bits per heavy atom. The van der Waals surface area contributed by atoms with Gasteiger partial charge in [0.05, 0.1) is 12.8 Å². The zero-order valence-corrected chi connectivity index (χ0v) is 14.5. The van der Waals surface area contributed by atoms with E-state index in [1.165, 1.54) is 0 Å². The first kappa shape index (κ1) is 21.7. The van der Waals surface area contributed by atoms with Crippen LogP contribution in [0, 0.1) is 22.9 Å². The zero-order valence-electron chi connectivity index (χ0n) is 14.5. The summed E-state index contributed by atoms with van der Waals surface area (Å²) in [4.78, 5) is 25.1. The molecular weight excluding hydrogens is 392 g/mol. The van der Waals surface area contributed by atoms with Crippen LogP contribution in [0.4, 0.5) is 26.3 Å². The van der Waals surface area contributed by atoms with Gasteiger partial charge in [-0.2, -0.15) is 13.2 Å². The molecule has 154 valence electrons. The summed E-state index contributed by atoms with van der Waals surface area (Å²) in [6.07, 6.45) is -7.20. The molecule has 0 spiro atoms. The largest absolute Gasteiger partial charge is 0.391 e. The molecule has 1 atom stereocenters. The second-order valence-electron chi connectivity index (χ2n) is 6.38. The van der Waals surface area contributed by atoms with E-state index in [4.69, 9.17) is 5.41 Å². The van der Waals surface area contributed by atoms with E-state index in [2.05, 4.69) is 5.32 Å². The molecule has 28 heavy (non-hydrogen) atoms. The van der Waals surface area contributed by atoms with Crippen LogP contribution < -0.4 is 5.32 Å². The van der Waals surface area contributed by atoms with Crippen LogP contribution in [0.3, 0.4) is 0 Å². The normalized spacial score (nSPS) is 17.9. The minimum Gasteiger partial charge on any atom is -0.354 e. The lowest BCUT2D eigenvalue weighted by molar-refractivity contribution is -0.161. The van der Waals surface area contributed by atoms with Crippen molar-refractivity contribution in [1.82, 2.24) is 10.2 Å². The molecule has 0 saturated carbocycles. The Bertz CT molecular complexity index is 781. The number of amides is 2. The summed E-state index contributed by atoms with van der Waals surface area (Å²) < 4.78 is 78.2. The first-order chi connectivity index (χ1) is 13.0. The third kappa shape index (κ3) is 5.70. The lowest BCUT2D eigenvalue weighted by Gasteiger charge is -2.29. The Morgan fingerprint density at radius 3 is 2.46 bits per heavy atom. The van der Waals surface area contributed by atoms with Gasteiger partial charge in [0.15, 0.2) is 11.6 Å². The standard InChI is InChI=1S/C17H17F6N3O2/c18-11-7-13(20)12(19)5-9(11)4-10(24)6-15(27)26-3-1-2-25-16(28)14(26)8-17(21,22)23/h5,7,14,24H,1-4,6,8H2,(H,25,28). The maximum Gasteiger partial charge on any atom is 0.391 e. The highest BCUT2D eigenvalue weighted by molar-refractivity contribution is 6.01. The number of hydrogen-bond acceptors (Lipinski definition) is 3. The number of halogens is 6. The summed E-state index contributed by atoms with van der Waals surface area (Å²) in [6, 6.07) is -0.906. The van der Waals surface area contributed by atoms with Gasteiger partial charge in [0.2, 0.25) is 11.8 Å². The lowest BCUT2D eigenvalue weighted by atomic mass is 10.0. The zero-order chi connectivity index (χ0) is 21.1. The van der Waals surface area contributed by atoms with Crippen LogP contribution in [0.1, 0.15) is 24.8 Å². The van der Waals surface area contributed by atoms with Gasteiger partial charge in [-0.1, -0.05) is 0 Å². The summed E-state index contributed by atoms with van der Waals surface area (Å²) >= 11 is 0. The van der Waals surface area contributed by atoms with Crippen LogP contribution in [-0.2, 0) is 16.0 Å². The van der Waals surface area contributed by atoms with Crippen molar-refractivity contribution < 1.29 is 35.9 Å². The van der Waals surface area contributed by atoms with Crippen molar-refractivity contribution in [1.29, 1.82) is 5.41 Å². The molecule has 1 aromatic carbocycles. The minimum atomic E-state index is -4.69. The number of benzene rings is 1. The second kappa shape index (κ2) is 8.61. The first-order valence-corrected chi connectivity index (χ1v) is 8.31. The second-order valence-corrected chi connectivity index (χ2v) is 6.38. The molecule has 1 saturated heterocycles. The van der Waals surface area contributed by atoms with E-state index >= 15 is 0 Å². The van der Waals surface area contributed by atoms with Gasteiger partial charge in [-0.05, 0) is 18.1 Å². The van der Waals surface area contributed by atoms with Gasteiger partial charge in [0.1, 0.15) is 11.9 Å². The fourth-order valence-electron chi connectivity index (χ4n) is 2.87. The van der Waals surface area contributed by atoms with Crippen molar-refractivity contribution >= 4 is 17.5 Å². The Hall–Kier alpha value is -2.59. The Morgan fingerprint density at radius 1 is 1.18 bits per heavy atom. The SMILES string of the molecule is N=C(CC(=O)N1CCCNC(=O)C1CC(F)(F)F)Cc1cc(F)c(F)cc1F. The number of nitrogens with zero attached hydrogens (tertiary/aromatic N) is 1. The first-order valence-electron chi connectivity index (χ1n) is 8.31. The molecule has 5 nitrogen and oxygen atoms in total. The number of alkyl halides is 3. The van der Waals surface area contributed by atoms with Gasteiger partial charge < -0.3 is 15.6 Å². The van der Waals surface area contributed by atoms with Gasteiger partial charge in [-0.3, -0.25) is 9.59 Å². The van der Waals surface area contributed by atoms with Crippen molar-refractivity contribution in [3.63, 3.8) is 0 Å². The summed E-state index contributed by atoms with van der Waals surface area (Å²) in [5.41, 5.74) is -0.775. The van der Waals surface area contributed by atoms with E-state index in [-0.39, 0.29) is 25.1 Å². The van der Waals surface area contributed by atoms with E-state index in [1.807, 2.05) is 0 Å². The predicted octanol–water partition coefficient (Wildman–Crippen LogP) is 2.73. The topological polar surface area (TPSA) is 73.3 Å². The molecule has 1 aromatic rings. The molecule has 11 heteroatoms. The molecule has 2 amide bonds. The van der Waals surface area contributed by atoms with E-state index < -0.39 is 66.5 Å². The molecule has 1 aliphatic heterocycles. The maximum absolute atomic E-state index is 13.7. The lowest BCUT2D eigenvalue weighted by Crippen LogP contribution is -2.49. The molecule has 2 rings (SSSR count). The molecule has 2 N–H and O–H groups in total. The van der Waals surface area contributed by atoms with Crippen molar-refractivity contribution in [2.24, 2.45) is 0 Å². The van der Waals surface area contributed by atoms with Gasteiger partial charge in [-0.25, -0.2) is 13.2 Å². The van der Waals surface area contributed by atoms with Crippen LogP contribution in [0.15, 0.2) is 12.1 Å². The highest BCUT2D eigenvalue weighted by Gasteiger charge is 2.41. The van der Waals surface area contributed by atoms with Crippen LogP contribution >= 0.6 is 0 Å². The third-order valence-corrected chi connectivity index (χ3v) is 4.16. The summed E-state index contributed by atoms with van der Waals surface area (Å²) in [5, 5.41) is 10.1. The van der Waals surface area contributed by atoms with Crippen LogP contribution in [0.25, 0.3) is 0 Å². The van der Waals surface area contributed by atoms with Gasteiger partial charge in [0, 0.05) is 31.3 Å². The Kier molecular flexibility index (Phi) is 6.68. The molecule has 0 bridgehead atoms. The number of rotatable bonds is 5. The summed E-state index contributed by atoms with van der Waals surface area (Å²) in [6.45, 7) is -0.0143. The molecule has 0 aliphatic carbocycles. The van der Waals surface area contributed by atoms with E-state index in [1.54, 1.807) is 0 Å². The number of carbonyl (C=O) groups is 2. The van der Waals surface area contributed by atoms with E-state index in [0.29, 0.717) is 12.1 Å². The fourth-order valence-corrected chi connectivity index (χ4v) is 2.87. The predicted molar refractivity (Wildman–Crippen MR) is 86.2 cm³/mol. The van der Waals surface area contributed by atoms with Crippen LogP contribution in [-0.4, -0.2) is 47.7 Å². The molecule has 1 aliphatic rings. The van der Waals surface area contributed by atoms with Gasteiger partial charge in [-0.15, -0.1) is 0 Å².